The van der Waals surface area contributed by atoms with Crippen molar-refractivity contribution in [3.63, 3.8) is 0 Å². The van der Waals surface area contributed by atoms with Crippen molar-refractivity contribution in [3.8, 4) is 11.5 Å². The number of aryl methyl sites for hydroxylation is 1. The van der Waals surface area contributed by atoms with Gasteiger partial charge in [0.1, 0.15) is 12.4 Å². The Hall–Kier alpha value is -3.58. The number of nitrogens with one attached hydrogen (secondary N) is 1. The lowest BCUT2D eigenvalue weighted by molar-refractivity contribution is -0.120. The molecule has 0 aliphatic heterocycles. The van der Waals surface area contributed by atoms with Crippen LogP contribution in [0.25, 0.3) is 0 Å². The predicted molar refractivity (Wildman–Crippen MR) is 122 cm³/mol. The van der Waals surface area contributed by atoms with Crippen LogP contribution in [0.15, 0.2) is 65.8 Å². The summed E-state index contributed by atoms with van der Waals surface area (Å²) in [5.74, 6) is -0.0613. The normalized spacial score (nSPS) is 10.8. The van der Waals surface area contributed by atoms with E-state index in [0.29, 0.717) is 22.6 Å². The van der Waals surface area contributed by atoms with E-state index in [4.69, 9.17) is 25.9 Å². The van der Waals surface area contributed by atoms with Gasteiger partial charge < -0.3 is 19.6 Å². The van der Waals surface area contributed by atoms with Gasteiger partial charge in [0.05, 0.1) is 18.3 Å². The highest BCUT2D eigenvalue weighted by atomic mass is 35.5. The first-order valence-electron chi connectivity index (χ1n) is 9.72. The molecule has 1 amide bonds. The van der Waals surface area contributed by atoms with E-state index < -0.39 is 0 Å². The number of rotatable bonds is 9. The summed E-state index contributed by atoms with van der Waals surface area (Å²) in [7, 11) is 1.47. The molecule has 0 saturated carbocycles. The number of halogens is 2. The average molecular weight is 457 g/mol. The second-order valence-corrected chi connectivity index (χ2v) is 7.24. The van der Waals surface area contributed by atoms with E-state index in [0.717, 1.165) is 5.56 Å². The van der Waals surface area contributed by atoms with E-state index in [2.05, 4.69) is 10.5 Å². The fourth-order valence-electron chi connectivity index (χ4n) is 2.75. The van der Waals surface area contributed by atoms with Gasteiger partial charge in [-0.1, -0.05) is 52.7 Å². The third-order valence-corrected chi connectivity index (χ3v) is 4.67. The lowest BCUT2D eigenvalue weighted by Gasteiger charge is -2.13. The van der Waals surface area contributed by atoms with E-state index in [1.807, 2.05) is 19.1 Å². The zero-order chi connectivity index (χ0) is 22.9. The van der Waals surface area contributed by atoms with Crippen molar-refractivity contribution in [2.24, 2.45) is 5.16 Å². The van der Waals surface area contributed by atoms with Crippen molar-refractivity contribution < 1.29 is 23.5 Å². The summed E-state index contributed by atoms with van der Waals surface area (Å²) in [5.41, 5.74) is 2.75. The van der Waals surface area contributed by atoms with Gasteiger partial charge in [-0.2, -0.15) is 0 Å². The van der Waals surface area contributed by atoms with E-state index in [9.17, 15) is 9.18 Å². The predicted octanol–water partition coefficient (Wildman–Crippen LogP) is 5.36. The van der Waals surface area contributed by atoms with Crippen LogP contribution in [0.1, 0.15) is 16.7 Å². The maximum absolute atomic E-state index is 13.8. The van der Waals surface area contributed by atoms with Crippen molar-refractivity contribution in [2.75, 3.05) is 19.0 Å². The summed E-state index contributed by atoms with van der Waals surface area (Å²) in [5, 5.41) is 6.77. The quantitative estimate of drug-likeness (QED) is 0.347. The Morgan fingerprint density at radius 2 is 1.91 bits per heavy atom. The van der Waals surface area contributed by atoms with Gasteiger partial charge in [-0.05, 0) is 37.3 Å². The fraction of sp³-hybridized carbons (Fsp3) is 0.167. The molecule has 0 spiro atoms. The SMILES string of the molecule is COc1cc(C=NOCC(=O)Nc2ccc(C)cc2)cc(Cl)c1OCc1ccccc1F. The lowest BCUT2D eigenvalue weighted by atomic mass is 10.2. The maximum atomic E-state index is 13.8. The summed E-state index contributed by atoms with van der Waals surface area (Å²) in [4.78, 5) is 17.0. The van der Waals surface area contributed by atoms with Crippen molar-refractivity contribution >= 4 is 29.4 Å². The molecule has 0 bridgehead atoms. The second kappa shape index (κ2) is 11.2. The van der Waals surface area contributed by atoms with Crippen LogP contribution < -0.4 is 14.8 Å². The van der Waals surface area contributed by atoms with Gasteiger partial charge in [-0.25, -0.2) is 4.39 Å². The molecule has 0 aromatic heterocycles. The first kappa shape index (κ1) is 23.1. The number of hydrogen-bond acceptors (Lipinski definition) is 5. The number of carbonyl (C=O) groups is 1. The molecule has 1 N–H and O–H groups in total. The zero-order valence-electron chi connectivity index (χ0n) is 17.6. The Labute approximate surface area is 190 Å². The van der Waals surface area contributed by atoms with E-state index in [1.165, 1.54) is 19.4 Å². The molecule has 3 aromatic rings. The van der Waals surface area contributed by atoms with Gasteiger partial charge in [-0.15, -0.1) is 0 Å². The third kappa shape index (κ3) is 6.46. The molecular formula is C24H22ClFN2O4. The lowest BCUT2D eigenvalue weighted by Crippen LogP contribution is -2.16. The van der Waals surface area contributed by atoms with Crippen molar-refractivity contribution in [1.82, 2.24) is 0 Å². The summed E-state index contributed by atoms with van der Waals surface area (Å²) >= 11 is 6.32. The number of hydrogen-bond donors (Lipinski definition) is 1. The number of nitrogens with zero attached hydrogens (tertiary/aromatic N) is 1. The first-order valence-corrected chi connectivity index (χ1v) is 10.1. The molecule has 32 heavy (non-hydrogen) atoms. The standard InChI is InChI=1S/C24H22ClFN2O4/c1-16-7-9-19(10-8-16)28-23(29)15-32-27-13-17-11-20(25)24(22(12-17)30-2)31-14-18-5-3-4-6-21(18)26/h3-13H,14-15H2,1-2H3,(H,28,29). The number of carbonyl (C=O) groups excluding carboxylic acids is 1. The molecule has 0 aliphatic rings. The molecule has 0 radical (unpaired) electrons. The van der Waals surface area contributed by atoms with Gasteiger partial charge in [0.25, 0.3) is 5.91 Å². The minimum atomic E-state index is -0.366. The zero-order valence-corrected chi connectivity index (χ0v) is 18.4. The number of benzene rings is 3. The van der Waals surface area contributed by atoms with Gasteiger partial charge in [0, 0.05) is 16.8 Å². The molecule has 0 fully saturated rings. The summed E-state index contributed by atoms with van der Waals surface area (Å²) in [6.07, 6.45) is 1.40. The highest BCUT2D eigenvalue weighted by Crippen LogP contribution is 2.36. The smallest absolute Gasteiger partial charge is 0.265 e. The highest BCUT2D eigenvalue weighted by Gasteiger charge is 2.13. The number of amides is 1. The van der Waals surface area contributed by atoms with Gasteiger partial charge in [-0.3, -0.25) is 4.79 Å². The van der Waals surface area contributed by atoms with Crippen molar-refractivity contribution in [2.45, 2.75) is 13.5 Å². The van der Waals surface area contributed by atoms with Gasteiger partial charge in [0.2, 0.25) is 0 Å². The van der Waals surface area contributed by atoms with Gasteiger partial charge in [0.15, 0.2) is 18.1 Å². The molecule has 3 rings (SSSR count). The summed E-state index contributed by atoms with van der Waals surface area (Å²) < 4.78 is 24.8. The Bertz CT molecular complexity index is 1100. The van der Waals surface area contributed by atoms with Crippen LogP contribution in [0.3, 0.4) is 0 Å². The highest BCUT2D eigenvalue weighted by molar-refractivity contribution is 6.32. The molecule has 3 aromatic carbocycles. The molecule has 0 aliphatic carbocycles. The van der Waals surface area contributed by atoms with Crippen LogP contribution in [0.4, 0.5) is 10.1 Å². The molecular weight excluding hydrogens is 435 g/mol. The average Bonchev–Trinajstić information content (AvgIpc) is 2.78. The summed E-state index contributed by atoms with van der Waals surface area (Å²) in [6, 6.07) is 17.0. The first-order chi connectivity index (χ1) is 15.5. The number of methoxy groups -OCH3 is 1. The molecule has 0 unspecified atom stereocenters. The maximum Gasteiger partial charge on any atom is 0.265 e. The van der Waals surface area contributed by atoms with E-state index in [1.54, 1.807) is 42.5 Å². The number of anilines is 1. The van der Waals surface area contributed by atoms with Gasteiger partial charge >= 0.3 is 0 Å². The monoisotopic (exact) mass is 456 g/mol. The van der Waals surface area contributed by atoms with Crippen LogP contribution >= 0.6 is 11.6 Å². The van der Waals surface area contributed by atoms with Crippen LogP contribution in [0.2, 0.25) is 5.02 Å². The van der Waals surface area contributed by atoms with Crippen molar-refractivity contribution in [1.29, 1.82) is 0 Å². The van der Waals surface area contributed by atoms with Crippen LogP contribution in [0, 0.1) is 12.7 Å². The molecule has 0 atom stereocenters. The van der Waals surface area contributed by atoms with Crippen molar-refractivity contribution in [3.05, 3.63) is 88.2 Å². The second-order valence-electron chi connectivity index (χ2n) is 6.84. The van der Waals surface area contributed by atoms with Crippen LogP contribution in [-0.4, -0.2) is 25.8 Å². The minimum Gasteiger partial charge on any atom is -0.493 e. The molecule has 166 valence electrons. The molecule has 0 saturated heterocycles. The minimum absolute atomic E-state index is 0.00457. The summed E-state index contributed by atoms with van der Waals surface area (Å²) in [6.45, 7) is 1.71. The van der Waals surface area contributed by atoms with Crippen LogP contribution in [0.5, 0.6) is 11.5 Å². The van der Waals surface area contributed by atoms with E-state index >= 15 is 0 Å². The van der Waals surface area contributed by atoms with Crippen LogP contribution in [-0.2, 0) is 16.2 Å². The number of ether oxygens (including phenoxy) is 2. The fourth-order valence-corrected chi connectivity index (χ4v) is 3.02. The molecule has 6 nitrogen and oxygen atoms in total. The molecule has 0 heterocycles. The Morgan fingerprint density at radius 3 is 2.62 bits per heavy atom. The van der Waals surface area contributed by atoms with E-state index in [-0.39, 0.29) is 35.7 Å². The topological polar surface area (TPSA) is 69.2 Å². The Kier molecular flexibility index (Phi) is 8.05. The third-order valence-electron chi connectivity index (χ3n) is 4.39. The largest absolute Gasteiger partial charge is 0.493 e. The molecule has 8 heteroatoms. The Morgan fingerprint density at radius 1 is 1.16 bits per heavy atom. The Balaban J connectivity index is 1.57. The number of oxime groups is 1.